The lowest BCUT2D eigenvalue weighted by molar-refractivity contribution is 0.0594. The first-order valence-corrected chi connectivity index (χ1v) is 32.2. The number of amides is 1. The predicted molar refractivity (Wildman–Crippen MR) is 335 cm³/mol. The van der Waals surface area contributed by atoms with Gasteiger partial charge in [0.1, 0.15) is 65.5 Å². The van der Waals surface area contributed by atoms with Crippen LogP contribution in [0, 0.1) is 32.6 Å². The van der Waals surface area contributed by atoms with Crippen LogP contribution in [-0.2, 0) is 40.7 Å². The third kappa shape index (κ3) is 17.6. The van der Waals surface area contributed by atoms with Crippen molar-refractivity contribution in [2.24, 2.45) is 11.8 Å². The zero-order valence-corrected chi connectivity index (χ0v) is 53.1. The number of nitrogens with one attached hydrogen (secondary N) is 1. The van der Waals surface area contributed by atoms with Crippen LogP contribution >= 0.6 is 0 Å². The maximum Gasteiger partial charge on any atom is 0.272 e. The summed E-state index contributed by atoms with van der Waals surface area (Å²) in [6.45, 7) is 9.52. The van der Waals surface area contributed by atoms with Crippen LogP contribution in [0.5, 0.6) is 17.6 Å². The number of ether oxygens (including phenoxy) is 6. The Morgan fingerprint density at radius 3 is 1.35 bits per heavy atom. The lowest BCUT2D eigenvalue weighted by Crippen LogP contribution is -2.39. The number of hydrogen-bond acceptors (Lipinski definition) is 25. The quantitative estimate of drug-likeness (QED) is 0.0581. The summed E-state index contributed by atoms with van der Waals surface area (Å²) in [6.07, 6.45) is 13.9. The maximum atomic E-state index is 13.4. The van der Waals surface area contributed by atoms with Gasteiger partial charge in [-0.15, -0.1) is 35.7 Å². The normalized spacial score (nSPS) is 16.0. The highest BCUT2D eigenvalue weighted by Crippen LogP contribution is 2.45. The molecular formula is C68H73FN14O12. The summed E-state index contributed by atoms with van der Waals surface area (Å²) < 4.78 is 63.2. The van der Waals surface area contributed by atoms with Gasteiger partial charge >= 0.3 is 0 Å². The van der Waals surface area contributed by atoms with Crippen molar-refractivity contribution in [3.63, 3.8) is 0 Å². The van der Waals surface area contributed by atoms with Gasteiger partial charge in [-0.25, -0.2) is 4.39 Å². The van der Waals surface area contributed by atoms with E-state index in [9.17, 15) is 18.8 Å². The van der Waals surface area contributed by atoms with Gasteiger partial charge in [0, 0.05) is 123 Å². The summed E-state index contributed by atoms with van der Waals surface area (Å²) in [4.78, 5) is 45.9. The fourth-order valence-electron chi connectivity index (χ4n) is 11.0. The minimum Gasteiger partial charge on any atom is -0.472 e. The third-order valence-corrected chi connectivity index (χ3v) is 16.9. The number of alkyl halides is 1. The number of carbonyl (C=O) groups is 3. The number of Topliss-reactive ketones (excluding diaryl/α,β-unsaturated/α-hetero) is 2. The molecule has 9 aromatic rings. The molecular weight excluding hydrogens is 1220 g/mol. The summed E-state index contributed by atoms with van der Waals surface area (Å²) in [5, 5.41) is 48.1. The smallest absolute Gasteiger partial charge is 0.272 e. The Bertz CT molecular complexity index is 3800. The first kappa shape index (κ1) is 65.3. The van der Waals surface area contributed by atoms with E-state index in [-0.39, 0.29) is 60.7 Å². The fraction of sp³-hybridized carbons (Fsp3) is 0.441. The number of nitrogens with zero attached hydrogens (tertiary/aromatic N) is 13. The summed E-state index contributed by atoms with van der Waals surface area (Å²) >= 11 is 0. The predicted octanol–water partition coefficient (Wildman–Crippen LogP) is 10.8. The van der Waals surface area contributed by atoms with Crippen LogP contribution in [0.15, 0.2) is 98.8 Å². The molecule has 5 fully saturated rings. The van der Waals surface area contributed by atoms with Gasteiger partial charge in [-0.05, 0) is 151 Å². The number of pyridine rings is 2. The Morgan fingerprint density at radius 1 is 0.463 bits per heavy atom. The number of ketones is 2. The van der Waals surface area contributed by atoms with Crippen molar-refractivity contribution in [3.05, 3.63) is 153 Å². The molecule has 3 saturated heterocycles. The van der Waals surface area contributed by atoms with Crippen LogP contribution in [0.25, 0.3) is 33.9 Å². The van der Waals surface area contributed by atoms with Crippen molar-refractivity contribution in [1.29, 1.82) is 0 Å². The standard InChI is InChI=1S/2C23H25N5O4.C22H23FN4O4/c1-14-2-5-19(26-24-14)22-17(23(32-28-22)16-3-4-16)13-31-21-7-6-18(25-27-21)20(29)12-15-8-10-30-11-9-15;1-14-2-3-16(12-24-14)21-18(22(32-28-21)15-4-5-15)13-31-20-7-6-19(26-27-20)23(29)25-17-8-10-30-11-9-17;1-14-2-3-16(12-24-14)22-17(20(11-23)31-27-22)13-30-21-5-4-18(25-26-21)19(28)10-15-6-8-29-9-7-15/h2,5-7,15-16H,3-4,8-13H2,1H3;2-3,6-7,12,15,17H,4-5,8-11,13H2,1H3,(H,25,29);2-5,12,15H,6-11,13H2,1H3. The van der Waals surface area contributed by atoms with E-state index in [0.29, 0.717) is 114 Å². The molecule has 14 rings (SSSR count). The topological polar surface area (TPSA) is 326 Å². The number of aromatic nitrogens is 13. The van der Waals surface area contributed by atoms with Crippen molar-refractivity contribution < 1.29 is 60.8 Å². The second-order valence-electron chi connectivity index (χ2n) is 24.2. The van der Waals surface area contributed by atoms with Crippen molar-refractivity contribution in [1.82, 2.24) is 71.5 Å². The molecule has 1 amide bonds. The first-order chi connectivity index (χ1) is 46.5. The van der Waals surface area contributed by atoms with Crippen molar-refractivity contribution in [3.8, 4) is 51.5 Å². The van der Waals surface area contributed by atoms with E-state index in [1.54, 1.807) is 48.8 Å². The maximum absolute atomic E-state index is 13.4. The number of hydrogen-bond donors (Lipinski definition) is 1. The molecule has 0 spiro atoms. The van der Waals surface area contributed by atoms with Crippen LogP contribution in [0.2, 0.25) is 0 Å². The van der Waals surface area contributed by atoms with Crippen LogP contribution in [-0.4, -0.2) is 129 Å². The molecule has 12 heterocycles. The molecule has 1 N–H and O–H groups in total. The van der Waals surface area contributed by atoms with Crippen molar-refractivity contribution in [2.75, 3.05) is 39.6 Å². The highest BCUT2D eigenvalue weighted by molar-refractivity contribution is 5.95. The molecule has 9 aromatic heterocycles. The Labute approximate surface area is 546 Å². The van der Waals surface area contributed by atoms with E-state index in [4.69, 9.17) is 42.0 Å². The molecule has 27 heteroatoms. The average molecular weight is 1300 g/mol. The molecule has 26 nitrogen and oxygen atoms in total. The fourth-order valence-corrected chi connectivity index (χ4v) is 11.0. The molecule has 2 saturated carbocycles. The second kappa shape index (κ2) is 31.5. The molecule has 0 atom stereocenters. The molecule has 3 aliphatic heterocycles. The lowest BCUT2D eigenvalue weighted by atomic mass is 9.93. The zero-order chi connectivity index (χ0) is 65.5. The van der Waals surface area contributed by atoms with Gasteiger partial charge in [0.15, 0.2) is 29.7 Å². The summed E-state index contributed by atoms with van der Waals surface area (Å²) in [7, 11) is 0. The number of carbonyl (C=O) groups excluding carboxylic acids is 3. The Balaban J connectivity index is 0.000000137. The highest BCUT2D eigenvalue weighted by Gasteiger charge is 2.35. The minimum atomic E-state index is -0.809. The van der Waals surface area contributed by atoms with Gasteiger partial charge in [-0.2, -0.15) is 5.10 Å². The van der Waals surface area contributed by atoms with Gasteiger partial charge in [-0.1, -0.05) is 15.5 Å². The SMILES string of the molecule is Cc1ccc(-c2noc(C3CC3)c2COc2ccc(C(=O)CC3CCOCC3)nn2)nn1.Cc1ccc(-c2noc(C3CC3)c2COc2ccc(C(=O)NC3CCOCC3)nn2)cn1.Cc1ccc(-c2noc(CF)c2COc2ccc(C(=O)CC3CCOCC3)nn2)cn1. The summed E-state index contributed by atoms with van der Waals surface area (Å²) in [5.41, 5.74) is 9.87. The third-order valence-electron chi connectivity index (χ3n) is 16.9. The molecule has 0 bridgehead atoms. The Kier molecular flexibility index (Phi) is 21.6. The monoisotopic (exact) mass is 1300 g/mol. The van der Waals surface area contributed by atoms with Gasteiger partial charge in [0.2, 0.25) is 17.6 Å². The summed E-state index contributed by atoms with van der Waals surface area (Å²) in [5.74, 6) is 3.84. The Hall–Kier alpha value is -9.73. The van der Waals surface area contributed by atoms with Crippen molar-refractivity contribution >= 4 is 17.5 Å². The van der Waals surface area contributed by atoms with Crippen LogP contribution in [0.4, 0.5) is 4.39 Å². The van der Waals surface area contributed by atoms with Gasteiger partial charge in [0.05, 0.1) is 22.4 Å². The van der Waals surface area contributed by atoms with Crippen LogP contribution in [0.3, 0.4) is 0 Å². The average Bonchev–Trinajstić information content (AvgIpc) is 1.68. The van der Waals surface area contributed by atoms with Gasteiger partial charge in [-0.3, -0.25) is 24.4 Å². The highest BCUT2D eigenvalue weighted by atomic mass is 19.1. The zero-order valence-electron chi connectivity index (χ0n) is 53.1. The van der Waals surface area contributed by atoms with E-state index in [0.717, 1.165) is 128 Å². The molecule has 5 aliphatic rings. The van der Waals surface area contributed by atoms with Crippen LogP contribution in [0.1, 0.15) is 171 Å². The molecule has 494 valence electrons. The van der Waals surface area contributed by atoms with Crippen LogP contribution < -0.4 is 19.5 Å². The van der Waals surface area contributed by atoms with Gasteiger partial charge < -0.3 is 47.3 Å². The number of halogens is 1. The molecule has 0 radical (unpaired) electrons. The number of rotatable bonds is 23. The largest absolute Gasteiger partial charge is 0.472 e. The molecule has 2 aliphatic carbocycles. The van der Waals surface area contributed by atoms with Gasteiger partial charge in [0.25, 0.3) is 5.91 Å². The van der Waals surface area contributed by atoms with E-state index in [2.05, 4.69) is 71.5 Å². The Morgan fingerprint density at radius 2 is 0.905 bits per heavy atom. The van der Waals surface area contributed by atoms with E-state index < -0.39 is 6.67 Å². The van der Waals surface area contributed by atoms with E-state index in [1.807, 2.05) is 57.2 Å². The minimum absolute atomic E-state index is 0.00396. The second-order valence-corrected chi connectivity index (χ2v) is 24.2. The lowest BCUT2D eigenvalue weighted by Gasteiger charge is -2.22. The molecule has 0 aromatic carbocycles. The number of aryl methyl sites for hydroxylation is 3. The van der Waals surface area contributed by atoms with E-state index >= 15 is 0 Å². The molecule has 95 heavy (non-hydrogen) atoms. The first-order valence-electron chi connectivity index (χ1n) is 32.2. The summed E-state index contributed by atoms with van der Waals surface area (Å²) in [6, 6.07) is 21.3. The van der Waals surface area contributed by atoms with Crippen molar-refractivity contribution in [2.45, 2.75) is 142 Å². The molecule has 0 unspecified atom stereocenters. The van der Waals surface area contributed by atoms with E-state index in [1.165, 1.54) is 0 Å².